The summed E-state index contributed by atoms with van der Waals surface area (Å²) in [5.74, 6) is -0.330. The van der Waals surface area contributed by atoms with Gasteiger partial charge in [0, 0.05) is 18.2 Å². The van der Waals surface area contributed by atoms with Gasteiger partial charge in [0.25, 0.3) is 5.56 Å². The molecule has 0 radical (unpaired) electrons. The molecule has 2 heterocycles. The summed E-state index contributed by atoms with van der Waals surface area (Å²) in [6.07, 6.45) is 2.09. The van der Waals surface area contributed by atoms with Gasteiger partial charge >= 0.3 is 5.69 Å². The Hall–Kier alpha value is -1.50. The van der Waals surface area contributed by atoms with Crippen molar-refractivity contribution in [2.75, 3.05) is 13.9 Å². The van der Waals surface area contributed by atoms with Gasteiger partial charge in [-0.25, -0.2) is 4.79 Å². The first kappa shape index (κ1) is 19.5. The summed E-state index contributed by atoms with van der Waals surface area (Å²) >= 11 is 0. The number of rotatable bonds is 3. The number of hydrogen-bond acceptors (Lipinski definition) is 3. The third kappa shape index (κ3) is 5.08. The first-order chi connectivity index (χ1) is 10.2. The zero-order valence-electron chi connectivity index (χ0n) is 12.9. The lowest BCUT2D eigenvalue weighted by Crippen LogP contribution is -2.33. The third-order valence-electron chi connectivity index (χ3n) is 3.08. The molecular weight excluding hydrogens is 282 g/mol. The van der Waals surface area contributed by atoms with E-state index in [1.54, 1.807) is 0 Å². The second-order valence-corrected chi connectivity index (χ2v) is 4.22. The normalized spacial score (nSPS) is 23.6. The van der Waals surface area contributed by atoms with Crippen molar-refractivity contribution in [2.45, 2.75) is 45.9 Å². The quantitative estimate of drug-likeness (QED) is 0.933. The fourth-order valence-corrected chi connectivity index (χ4v) is 2.14. The molecule has 1 fully saturated rings. The average molecular weight is 306 g/mol. The van der Waals surface area contributed by atoms with Crippen LogP contribution in [0, 0.1) is 5.92 Å². The van der Waals surface area contributed by atoms with Crippen molar-refractivity contribution in [3.63, 3.8) is 0 Å². The van der Waals surface area contributed by atoms with E-state index in [0.29, 0.717) is 13.6 Å². The lowest BCUT2D eigenvalue weighted by Gasteiger charge is -2.18. The van der Waals surface area contributed by atoms with E-state index in [9.17, 15) is 18.4 Å². The molecular formula is C14H24F2N2O3. The predicted octanol–water partition coefficient (Wildman–Crippen LogP) is 2.43. The number of alkyl halides is 2. The molecule has 1 aromatic rings. The summed E-state index contributed by atoms with van der Waals surface area (Å²) in [4.78, 5) is 24.7. The number of nitrogens with zero attached hydrogens (tertiary/aromatic N) is 1. The molecule has 0 saturated carbocycles. The zero-order chi connectivity index (χ0) is 16.4. The van der Waals surface area contributed by atoms with Crippen LogP contribution in [0.3, 0.4) is 0 Å². The molecule has 0 aliphatic carbocycles. The van der Waals surface area contributed by atoms with Crippen molar-refractivity contribution in [2.24, 2.45) is 5.92 Å². The molecule has 21 heavy (non-hydrogen) atoms. The summed E-state index contributed by atoms with van der Waals surface area (Å²) < 4.78 is 29.3. The predicted molar refractivity (Wildman–Crippen MR) is 78.0 cm³/mol. The van der Waals surface area contributed by atoms with E-state index in [4.69, 9.17) is 4.74 Å². The van der Waals surface area contributed by atoms with Gasteiger partial charge < -0.3 is 4.74 Å². The molecule has 1 aromatic heterocycles. The van der Waals surface area contributed by atoms with E-state index in [2.05, 4.69) is 4.98 Å². The molecule has 2 rings (SSSR count). The van der Waals surface area contributed by atoms with E-state index in [-0.39, 0.29) is 12.0 Å². The molecule has 1 saturated heterocycles. The van der Waals surface area contributed by atoms with E-state index in [1.807, 2.05) is 20.8 Å². The third-order valence-corrected chi connectivity index (χ3v) is 3.08. The van der Waals surface area contributed by atoms with Gasteiger partial charge in [0.15, 0.2) is 0 Å². The van der Waals surface area contributed by atoms with Gasteiger partial charge in [-0.2, -0.15) is 0 Å². The minimum Gasteiger partial charge on any atom is -0.354 e. The fraction of sp³-hybridized carbons (Fsp3) is 0.714. The van der Waals surface area contributed by atoms with Gasteiger partial charge in [-0.15, -0.1) is 0 Å². The van der Waals surface area contributed by atoms with Crippen LogP contribution in [0.2, 0.25) is 0 Å². The number of H-pyrrole nitrogens is 1. The Morgan fingerprint density at radius 3 is 2.48 bits per heavy atom. The monoisotopic (exact) mass is 306 g/mol. The number of ether oxygens (including phenoxy) is 1. The van der Waals surface area contributed by atoms with Crippen LogP contribution in [0.5, 0.6) is 0 Å². The maximum Gasteiger partial charge on any atom is 0.330 e. The number of nitrogens with one attached hydrogen (secondary N) is 1. The smallest absolute Gasteiger partial charge is 0.330 e. The van der Waals surface area contributed by atoms with Gasteiger partial charge in [0.2, 0.25) is 0 Å². The van der Waals surface area contributed by atoms with Crippen LogP contribution in [0.15, 0.2) is 21.9 Å². The molecule has 1 aliphatic heterocycles. The largest absolute Gasteiger partial charge is 0.354 e. The molecule has 1 N–H and O–H groups in total. The Bertz CT molecular complexity index is 501. The Morgan fingerprint density at radius 2 is 2.00 bits per heavy atom. The van der Waals surface area contributed by atoms with Crippen molar-refractivity contribution in [1.82, 2.24) is 9.55 Å². The molecule has 0 bridgehead atoms. The van der Waals surface area contributed by atoms with Crippen LogP contribution >= 0.6 is 0 Å². The van der Waals surface area contributed by atoms with Crippen LogP contribution in [-0.4, -0.2) is 29.5 Å². The summed E-state index contributed by atoms with van der Waals surface area (Å²) in [5.41, 5.74) is -1.02. The maximum absolute atomic E-state index is 12.9. The van der Waals surface area contributed by atoms with E-state index < -0.39 is 24.2 Å². The summed E-state index contributed by atoms with van der Waals surface area (Å²) in [6.45, 7) is 5.42. The number of halogens is 2. The molecule has 0 amide bonds. The molecule has 5 nitrogen and oxygen atoms in total. The Balaban J connectivity index is 0.000000921. The molecule has 0 spiro atoms. The van der Waals surface area contributed by atoms with Crippen LogP contribution in [0.1, 0.15) is 39.8 Å². The van der Waals surface area contributed by atoms with Crippen molar-refractivity contribution in [3.05, 3.63) is 33.1 Å². The summed E-state index contributed by atoms with van der Waals surface area (Å²) in [5, 5.41) is 0. The zero-order valence-corrected chi connectivity index (χ0v) is 12.9. The van der Waals surface area contributed by atoms with E-state index in [1.165, 1.54) is 16.8 Å². The van der Waals surface area contributed by atoms with Crippen molar-refractivity contribution in [1.29, 1.82) is 0 Å². The molecule has 122 valence electrons. The van der Waals surface area contributed by atoms with E-state index in [0.717, 1.165) is 6.42 Å². The maximum atomic E-state index is 12.9. The minimum absolute atomic E-state index is 0.0282. The summed E-state index contributed by atoms with van der Waals surface area (Å²) in [6, 6.07) is 1.24. The summed E-state index contributed by atoms with van der Waals surface area (Å²) in [7, 11) is 0.500. The highest BCUT2D eigenvalue weighted by Crippen LogP contribution is 2.34. The first-order valence-electron chi connectivity index (χ1n) is 7.06. The van der Waals surface area contributed by atoms with Gasteiger partial charge in [-0.05, 0) is 12.8 Å². The van der Waals surface area contributed by atoms with Crippen LogP contribution in [0.4, 0.5) is 8.78 Å². The molecule has 3 atom stereocenters. The number of aromatic nitrogens is 2. The van der Waals surface area contributed by atoms with Gasteiger partial charge in [-0.3, -0.25) is 23.1 Å². The topological polar surface area (TPSA) is 64.1 Å². The first-order valence-corrected chi connectivity index (χ1v) is 7.06. The Labute approximate surface area is 123 Å². The minimum atomic E-state index is -0.616. The molecule has 3 unspecified atom stereocenters. The van der Waals surface area contributed by atoms with E-state index >= 15 is 0 Å². The Kier molecular flexibility index (Phi) is 9.53. The number of hydrogen-bond donors (Lipinski definition) is 1. The van der Waals surface area contributed by atoms with Gasteiger partial charge in [0.1, 0.15) is 6.23 Å². The van der Waals surface area contributed by atoms with Gasteiger partial charge in [-0.1, -0.05) is 20.8 Å². The highest BCUT2D eigenvalue weighted by molar-refractivity contribution is 4.88. The second kappa shape index (κ2) is 10.3. The fourth-order valence-electron chi connectivity index (χ4n) is 2.14. The van der Waals surface area contributed by atoms with Gasteiger partial charge in [0.05, 0.1) is 20.0 Å². The molecule has 1 aliphatic rings. The SMILES string of the molecule is CC.CCC1CC(CF)C(n2ccc(=O)[nH]c2=O)O1.CF. The lowest BCUT2D eigenvalue weighted by molar-refractivity contribution is -0.0195. The Morgan fingerprint density at radius 1 is 1.38 bits per heavy atom. The lowest BCUT2D eigenvalue weighted by atomic mass is 10.0. The highest BCUT2D eigenvalue weighted by Gasteiger charge is 2.36. The van der Waals surface area contributed by atoms with Crippen molar-refractivity contribution < 1.29 is 13.5 Å². The van der Waals surface area contributed by atoms with Crippen molar-refractivity contribution >= 4 is 0 Å². The molecule has 7 heteroatoms. The van der Waals surface area contributed by atoms with Crippen molar-refractivity contribution in [3.8, 4) is 0 Å². The number of aromatic amines is 1. The second-order valence-electron chi connectivity index (χ2n) is 4.22. The highest BCUT2D eigenvalue weighted by atomic mass is 19.1. The standard InChI is InChI=1S/C11H15FN2O3.C2H6.CH3F/c1-2-8-5-7(6-12)10(17-8)14-4-3-9(15)13-11(14)16;2*1-2/h3-4,7-8,10H,2,5-6H2,1H3,(H,13,15,16);1-2H3;1H3. The van der Waals surface area contributed by atoms with Crippen LogP contribution < -0.4 is 11.2 Å². The van der Waals surface area contributed by atoms with Crippen LogP contribution in [0.25, 0.3) is 0 Å². The average Bonchev–Trinajstić information content (AvgIpc) is 2.94. The molecule has 0 aromatic carbocycles. The van der Waals surface area contributed by atoms with Crippen LogP contribution in [-0.2, 0) is 4.74 Å².